The van der Waals surface area contributed by atoms with Crippen molar-refractivity contribution in [1.29, 1.82) is 0 Å². The van der Waals surface area contributed by atoms with Crippen LogP contribution in [-0.4, -0.2) is 50.7 Å². The lowest BCUT2D eigenvalue weighted by Gasteiger charge is -2.28. The third kappa shape index (κ3) is 3.13. The molecule has 0 radical (unpaired) electrons. The summed E-state index contributed by atoms with van der Waals surface area (Å²) in [5.41, 5.74) is 1.96. The maximum absolute atomic E-state index is 12.9. The normalized spacial score (nSPS) is 15.2. The van der Waals surface area contributed by atoms with E-state index in [0.717, 1.165) is 54.5 Å². The van der Waals surface area contributed by atoms with Gasteiger partial charge in [-0.05, 0) is 28.8 Å². The van der Waals surface area contributed by atoms with E-state index in [0.29, 0.717) is 6.61 Å². The molecule has 2 aromatic rings. The maximum atomic E-state index is 12.9. The van der Waals surface area contributed by atoms with Gasteiger partial charge in [-0.15, -0.1) is 0 Å². The molecule has 116 valence electrons. The molecule has 4 heteroatoms. The highest BCUT2D eigenvalue weighted by atomic mass is 16.5. The molecule has 1 aliphatic heterocycles. The Morgan fingerprint density at radius 1 is 1.23 bits per heavy atom. The van der Waals surface area contributed by atoms with Gasteiger partial charge < -0.3 is 15.0 Å². The van der Waals surface area contributed by atoms with Gasteiger partial charge in [-0.1, -0.05) is 30.3 Å². The molecule has 1 fully saturated rings. The van der Waals surface area contributed by atoms with E-state index in [9.17, 15) is 4.79 Å². The van der Waals surface area contributed by atoms with E-state index < -0.39 is 0 Å². The highest BCUT2D eigenvalue weighted by Crippen LogP contribution is 2.23. The monoisotopic (exact) mass is 298 g/mol. The third-order valence-corrected chi connectivity index (χ3v) is 4.15. The Labute approximate surface area is 131 Å². The van der Waals surface area contributed by atoms with Crippen LogP contribution < -0.4 is 5.32 Å². The molecular weight excluding hydrogens is 276 g/mol. The molecule has 22 heavy (non-hydrogen) atoms. The molecule has 4 nitrogen and oxygen atoms in total. The number of benzene rings is 2. The van der Waals surface area contributed by atoms with E-state index in [1.165, 1.54) is 0 Å². The first-order valence-corrected chi connectivity index (χ1v) is 7.80. The van der Waals surface area contributed by atoms with Crippen LogP contribution in [0.1, 0.15) is 15.9 Å². The molecule has 1 N–H and O–H groups in total. The number of nitrogens with one attached hydrogen (secondary N) is 1. The molecule has 1 heterocycles. The average Bonchev–Trinajstić information content (AvgIpc) is 2.59. The number of rotatable bonds is 4. The molecular formula is C18H22N2O2. The smallest absolute Gasteiger partial charge is 0.254 e. The summed E-state index contributed by atoms with van der Waals surface area (Å²) in [4.78, 5) is 14.8. The zero-order valence-corrected chi connectivity index (χ0v) is 13.0. The highest BCUT2D eigenvalue weighted by Gasteiger charge is 2.20. The van der Waals surface area contributed by atoms with Crippen molar-refractivity contribution in [3.05, 3.63) is 47.5 Å². The second-order valence-electron chi connectivity index (χ2n) is 5.65. The minimum Gasteiger partial charge on any atom is -0.384 e. The molecule has 0 atom stereocenters. The topological polar surface area (TPSA) is 41.6 Å². The molecule has 0 aliphatic carbocycles. The predicted molar refractivity (Wildman–Crippen MR) is 88.3 cm³/mol. The lowest BCUT2D eigenvalue weighted by atomic mass is 9.98. The Kier molecular flexibility index (Phi) is 4.71. The first kappa shape index (κ1) is 15.0. The summed E-state index contributed by atoms with van der Waals surface area (Å²) in [6.45, 7) is 3.95. The first-order valence-electron chi connectivity index (χ1n) is 7.80. The van der Waals surface area contributed by atoms with Crippen molar-refractivity contribution in [2.45, 2.75) is 6.42 Å². The number of hydrogen-bond acceptors (Lipinski definition) is 3. The molecule has 3 rings (SSSR count). The van der Waals surface area contributed by atoms with Crippen LogP contribution in [0.4, 0.5) is 0 Å². The summed E-state index contributed by atoms with van der Waals surface area (Å²) in [6.07, 6.45) is 0.823. The van der Waals surface area contributed by atoms with E-state index in [2.05, 4.69) is 17.4 Å². The van der Waals surface area contributed by atoms with Crippen LogP contribution in [-0.2, 0) is 11.2 Å². The van der Waals surface area contributed by atoms with Gasteiger partial charge in [0.2, 0.25) is 0 Å². The van der Waals surface area contributed by atoms with Crippen LogP contribution in [0.5, 0.6) is 0 Å². The summed E-state index contributed by atoms with van der Waals surface area (Å²) in [7, 11) is 1.70. The number of carbonyl (C=O) groups excluding carboxylic acids is 1. The fourth-order valence-corrected chi connectivity index (χ4v) is 2.95. The van der Waals surface area contributed by atoms with Gasteiger partial charge in [-0.2, -0.15) is 0 Å². The third-order valence-electron chi connectivity index (χ3n) is 4.15. The van der Waals surface area contributed by atoms with Crippen LogP contribution >= 0.6 is 0 Å². The van der Waals surface area contributed by atoms with Crippen molar-refractivity contribution >= 4 is 16.7 Å². The lowest BCUT2D eigenvalue weighted by molar-refractivity contribution is 0.0737. The fourth-order valence-electron chi connectivity index (χ4n) is 2.95. The Hall–Kier alpha value is -1.91. The Morgan fingerprint density at radius 2 is 2.00 bits per heavy atom. The zero-order chi connectivity index (χ0) is 15.4. The summed E-state index contributed by atoms with van der Waals surface area (Å²) in [6, 6.07) is 12.3. The second kappa shape index (κ2) is 6.90. The number of piperazine rings is 1. The van der Waals surface area contributed by atoms with Crippen LogP contribution in [0.15, 0.2) is 36.4 Å². The van der Waals surface area contributed by atoms with E-state index in [1.807, 2.05) is 29.2 Å². The van der Waals surface area contributed by atoms with Gasteiger partial charge in [0.25, 0.3) is 5.91 Å². The van der Waals surface area contributed by atoms with Gasteiger partial charge >= 0.3 is 0 Å². The first-order chi connectivity index (χ1) is 10.8. The van der Waals surface area contributed by atoms with E-state index in [-0.39, 0.29) is 5.91 Å². The van der Waals surface area contributed by atoms with Gasteiger partial charge in [-0.3, -0.25) is 4.79 Å². The Morgan fingerprint density at radius 3 is 2.77 bits per heavy atom. The predicted octanol–water partition coefficient (Wildman–Crippen LogP) is 2.07. The Balaban J connectivity index is 1.99. The number of nitrogens with zero attached hydrogens (tertiary/aromatic N) is 1. The largest absolute Gasteiger partial charge is 0.384 e. The Bertz CT molecular complexity index is 663. The SMILES string of the molecule is COCCc1cc(C(=O)N2CCNCC2)c2ccccc2c1. The highest BCUT2D eigenvalue weighted by molar-refractivity contribution is 6.07. The molecule has 0 unspecified atom stereocenters. The van der Waals surface area contributed by atoms with Crippen LogP contribution in [0.25, 0.3) is 10.8 Å². The quantitative estimate of drug-likeness (QED) is 0.939. The number of fused-ring (bicyclic) bond motifs is 1. The van der Waals surface area contributed by atoms with Crippen LogP contribution in [0, 0.1) is 0 Å². The number of methoxy groups -OCH3 is 1. The molecule has 1 saturated heterocycles. The summed E-state index contributed by atoms with van der Waals surface area (Å²) >= 11 is 0. The number of amides is 1. The van der Waals surface area contributed by atoms with Crippen molar-refractivity contribution in [3.8, 4) is 0 Å². The lowest BCUT2D eigenvalue weighted by Crippen LogP contribution is -2.46. The molecule has 2 aromatic carbocycles. The van der Waals surface area contributed by atoms with Gasteiger partial charge in [-0.25, -0.2) is 0 Å². The minimum atomic E-state index is 0.136. The van der Waals surface area contributed by atoms with Crippen molar-refractivity contribution in [2.24, 2.45) is 0 Å². The van der Waals surface area contributed by atoms with Crippen molar-refractivity contribution < 1.29 is 9.53 Å². The molecule has 0 bridgehead atoms. The van der Waals surface area contributed by atoms with Crippen LogP contribution in [0.3, 0.4) is 0 Å². The minimum absolute atomic E-state index is 0.136. The summed E-state index contributed by atoms with van der Waals surface area (Å²) in [5, 5.41) is 5.44. The van der Waals surface area contributed by atoms with Gasteiger partial charge in [0.05, 0.1) is 6.61 Å². The second-order valence-corrected chi connectivity index (χ2v) is 5.65. The molecule has 0 spiro atoms. The van der Waals surface area contributed by atoms with E-state index >= 15 is 0 Å². The van der Waals surface area contributed by atoms with Crippen molar-refractivity contribution in [1.82, 2.24) is 10.2 Å². The van der Waals surface area contributed by atoms with Crippen molar-refractivity contribution in [3.63, 3.8) is 0 Å². The van der Waals surface area contributed by atoms with Gasteiger partial charge in [0.15, 0.2) is 0 Å². The van der Waals surface area contributed by atoms with E-state index in [4.69, 9.17) is 4.74 Å². The molecule has 1 amide bonds. The van der Waals surface area contributed by atoms with Gasteiger partial charge in [0, 0.05) is 38.9 Å². The number of ether oxygens (including phenoxy) is 1. The summed E-state index contributed by atoms with van der Waals surface area (Å²) < 4.78 is 5.17. The van der Waals surface area contributed by atoms with Crippen molar-refractivity contribution in [2.75, 3.05) is 39.9 Å². The zero-order valence-electron chi connectivity index (χ0n) is 13.0. The maximum Gasteiger partial charge on any atom is 0.254 e. The van der Waals surface area contributed by atoms with Crippen LogP contribution in [0.2, 0.25) is 0 Å². The van der Waals surface area contributed by atoms with E-state index in [1.54, 1.807) is 7.11 Å². The molecule has 0 aromatic heterocycles. The molecule has 0 saturated carbocycles. The molecule has 1 aliphatic rings. The number of hydrogen-bond donors (Lipinski definition) is 1. The van der Waals surface area contributed by atoms with Gasteiger partial charge in [0.1, 0.15) is 0 Å². The average molecular weight is 298 g/mol. The number of carbonyl (C=O) groups is 1. The summed E-state index contributed by atoms with van der Waals surface area (Å²) in [5.74, 6) is 0.136. The standard InChI is InChI=1S/C18H22N2O2/c1-22-11-6-14-12-15-4-2-3-5-16(15)17(13-14)18(21)20-9-7-19-8-10-20/h2-5,12-13,19H,6-11H2,1H3. The fraction of sp³-hybridized carbons (Fsp3) is 0.389.